The predicted molar refractivity (Wildman–Crippen MR) is 139 cm³/mol. The van der Waals surface area contributed by atoms with Gasteiger partial charge in [-0.15, -0.1) is 11.3 Å². The third-order valence-electron chi connectivity index (χ3n) is 5.31. The van der Waals surface area contributed by atoms with Crippen LogP contribution in [0.4, 0.5) is 0 Å². The van der Waals surface area contributed by atoms with Crippen LogP contribution in [0.3, 0.4) is 0 Å². The third kappa shape index (κ3) is 4.93. The van der Waals surface area contributed by atoms with Crippen molar-refractivity contribution < 1.29 is 13.0 Å². The fourth-order valence-corrected chi connectivity index (χ4v) is 5.11. The Bertz CT molecular complexity index is 1710. The van der Waals surface area contributed by atoms with Crippen LogP contribution in [0.15, 0.2) is 90.3 Å². The Labute approximate surface area is 210 Å². The zero-order valence-corrected chi connectivity index (χ0v) is 20.6. The largest absolute Gasteiger partial charge is 0.346 e. The molecule has 0 unspecified atom stereocenters. The number of H-pyrrole nitrogens is 2. The first-order chi connectivity index (χ1) is 17.4. The van der Waals surface area contributed by atoms with Gasteiger partial charge >= 0.3 is 0 Å². The third-order valence-corrected chi connectivity index (χ3v) is 7.28. The Kier molecular flexibility index (Phi) is 6.42. The summed E-state index contributed by atoms with van der Waals surface area (Å²) in [6.07, 6.45) is 5.20. The van der Waals surface area contributed by atoms with E-state index in [9.17, 15) is 8.42 Å². The molecule has 0 aliphatic heterocycles. The van der Waals surface area contributed by atoms with Gasteiger partial charge in [0.1, 0.15) is 17.0 Å². The van der Waals surface area contributed by atoms with E-state index in [1.165, 1.54) is 18.5 Å². The lowest BCUT2D eigenvalue weighted by atomic mass is 10.1. The summed E-state index contributed by atoms with van der Waals surface area (Å²) >= 11 is 1.60. The molecule has 4 heterocycles. The number of thiazole rings is 1. The highest BCUT2D eigenvalue weighted by molar-refractivity contribution is 7.85. The zero-order chi connectivity index (χ0) is 25.1. The standard InChI is InChI=1S/C18H12N6S.C7H8O3S/c1-2-4-11(5-3-1)14-15(17-21-10-22-24-17)25-18(23-14)13-7-9-20-16-12(13)6-8-19-16;1-6-2-4-7(5-3-6)11(8,9)10/h1-10H,(H,19,20)(H,21,22,24);2-5H,1H3,(H,8,9,10). The van der Waals surface area contributed by atoms with Crippen molar-refractivity contribution >= 4 is 32.5 Å². The summed E-state index contributed by atoms with van der Waals surface area (Å²) in [5.74, 6) is 0.724. The van der Waals surface area contributed by atoms with Crippen molar-refractivity contribution in [1.82, 2.24) is 30.1 Å². The van der Waals surface area contributed by atoms with Crippen molar-refractivity contribution in [3.05, 3.63) is 91.0 Å². The van der Waals surface area contributed by atoms with E-state index in [0.717, 1.165) is 49.1 Å². The van der Waals surface area contributed by atoms with Crippen LogP contribution >= 0.6 is 11.3 Å². The van der Waals surface area contributed by atoms with Gasteiger partial charge in [-0.05, 0) is 31.2 Å². The lowest BCUT2D eigenvalue weighted by molar-refractivity contribution is 0.483. The Balaban J connectivity index is 0.000000205. The van der Waals surface area contributed by atoms with Crippen molar-refractivity contribution in [2.75, 3.05) is 0 Å². The molecule has 0 aliphatic rings. The second kappa shape index (κ2) is 9.82. The second-order valence-corrected chi connectivity index (χ2v) is 10.2. The zero-order valence-electron chi connectivity index (χ0n) is 19.0. The Morgan fingerprint density at radius 1 is 0.944 bits per heavy atom. The van der Waals surface area contributed by atoms with Gasteiger partial charge in [0.25, 0.3) is 10.1 Å². The topological polar surface area (TPSA) is 138 Å². The molecule has 0 saturated heterocycles. The first-order valence-corrected chi connectivity index (χ1v) is 13.0. The highest BCUT2D eigenvalue weighted by Crippen LogP contribution is 2.40. The maximum absolute atomic E-state index is 10.5. The summed E-state index contributed by atoms with van der Waals surface area (Å²) in [4.78, 5) is 17.7. The number of fused-ring (bicyclic) bond motifs is 1. The molecular formula is C25H20N6O3S2. The molecule has 9 nitrogen and oxygen atoms in total. The molecule has 0 radical (unpaired) electrons. The molecule has 0 atom stereocenters. The number of pyridine rings is 1. The van der Waals surface area contributed by atoms with E-state index < -0.39 is 10.1 Å². The van der Waals surface area contributed by atoms with Crippen LogP contribution in [-0.2, 0) is 10.1 Å². The van der Waals surface area contributed by atoms with E-state index in [1.807, 2.05) is 43.5 Å². The lowest BCUT2D eigenvalue weighted by Gasteiger charge is -1.99. The number of hydrogen-bond donors (Lipinski definition) is 3. The summed E-state index contributed by atoms with van der Waals surface area (Å²) in [7, 11) is -4.02. The summed E-state index contributed by atoms with van der Waals surface area (Å²) in [5, 5.41) is 8.92. The van der Waals surface area contributed by atoms with Crippen molar-refractivity contribution in [2.45, 2.75) is 11.8 Å². The number of aromatic amines is 2. The molecule has 6 rings (SSSR count). The summed E-state index contributed by atoms with van der Waals surface area (Å²) in [6, 6.07) is 20.1. The van der Waals surface area contributed by atoms with Gasteiger partial charge in [-0.2, -0.15) is 13.5 Å². The van der Waals surface area contributed by atoms with Gasteiger partial charge in [0.05, 0.1) is 15.5 Å². The van der Waals surface area contributed by atoms with Gasteiger partial charge in [0, 0.05) is 28.9 Å². The molecule has 4 aromatic heterocycles. The lowest BCUT2D eigenvalue weighted by Crippen LogP contribution is -1.96. The minimum Gasteiger partial charge on any atom is -0.346 e. The number of aromatic nitrogens is 6. The number of benzene rings is 2. The predicted octanol–water partition coefficient (Wildman–Crippen LogP) is 5.38. The Morgan fingerprint density at radius 2 is 1.72 bits per heavy atom. The summed E-state index contributed by atoms with van der Waals surface area (Å²) in [6.45, 7) is 1.84. The van der Waals surface area contributed by atoms with E-state index in [2.05, 4.69) is 37.3 Å². The molecule has 0 fully saturated rings. The molecule has 0 amide bonds. The number of aryl methyl sites for hydroxylation is 1. The van der Waals surface area contributed by atoms with Crippen LogP contribution in [0.25, 0.3) is 43.6 Å². The summed E-state index contributed by atoms with van der Waals surface area (Å²) in [5.41, 5.74) is 4.82. The van der Waals surface area contributed by atoms with Crippen LogP contribution in [0.5, 0.6) is 0 Å². The SMILES string of the molecule is Cc1ccc(S(=O)(=O)O)cc1.c1ccc(-c2nc(-c3ccnc4[nH]ccc34)sc2-c2ncn[nH]2)cc1. The quantitative estimate of drug-likeness (QED) is 0.267. The van der Waals surface area contributed by atoms with Crippen molar-refractivity contribution in [3.63, 3.8) is 0 Å². The van der Waals surface area contributed by atoms with Crippen molar-refractivity contribution in [2.24, 2.45) is 0 Å². The van der Waals surface area contributed by atoms with Crippen LogP contribution in [0.1, 0.15) is 5.56 Å². The molecule has 11 heteroatoms. The smallest absolute Gasteiger partial charge is 0.294 e. The number of nitrogens with zero attached hydrogens (tertiary/aromatic N) is 4. The molecule has 36 heavy (non-hydrogen) atoms. The molecule has 2 aromatic carbocycles. The maximum Gasteiger partial charge on any atom is 0.294 e. The summed E-state index contributed by atoms with van der Waals surface area (Å²) < 4.78 is 29.6. The van der Waals surface area contributed by atoms with Crippen LogP contribution in [0.2, 0.25) is 0 Å². The molecule has 3 N–H and O–H groups in total. The average molecular weight is 517 g/mol. The van der Waals surface area contributed by atoms with Crippen LogP contribution in [-0.4, -0.2) is 43.1 Å². The van der Waals surface area contributed by atoms with E-state index >= 15 is 0 Å². The molecule has 0 bridgehead atoms. The van der Waals surface area contributed by atoms with Gasteiger partial charge in [-0.3, -0.25) is 9.65 Å². The second-order valence-electron chi connectivity index (χ2n) is 7.78. The highest BCUT2D eigenvalue weighted by Gasteiger charge is 2.19. The molecule has 6 aromatic rings. The molecule has 0 spiro atoms. The van der Waals surface area contributed by atoms with Crippen LogP contribution < -0.4 is 0 Å². The van der Waals surface area contributed by atoms with Gasteiger partial charge in [0.2, 0.25) is 0 Å². The van der Waals surface area contributed by atoms with Gasteiger partial charge in [0.15, 0.2) is 5.82 Å². The van der Waals surface area contributed by atoms with E-state index in [-0.39, 0.29) is 4.90 Å². The van der Waals surface area contributed by atoms with Gasteiger partial charge in [-0.1, -0.05) is 48.0 Å². The monoisotopic (exact) mass is 516 g/mol. The van der Waals surface area contributed by atoms with E-state index in [4.69, 9.17) is 9.54 Å². The molecule has 180 valence electrons. The minimum absolute atomic E-state index is 0.0666. The highest BCUT2D eigenvalue weighted by atomic mass is 32.2. The Morgan fingerprint density at radius 3 is 2.42 bits per heavy atom. The van der Waals surface area contributed by atoms with Gasteiger partial charge < -0.3 is 4.98 Å². The van der Waals surface area contributed by atoms with Crippen molar-refractivity contribution in [1.29, 1.82) is 0 Å². The average Bonchev–Trinajstić information content (AvgIpc) is 3.65. The normalized spacial score (nSPS) is 11.3. The van der Waals surface area contributed by atoms with Crippen LogP contribution in [0, 0.1) is 6.92 Å². The van der Waals surface area contributed by atoms with Gasteiger partial charge in [-0.25, -0.2) is 15.0 Å². The fourth-order valence-electron chi connectivity index (χ4n) is 3.56. The molecule has 0 saturated carbocycles. The fraction of sp³-hybridized carbons (Fsp3) is 0.0400. The van der Waals surface area contributed by atoms with E-state index in [0.29, 0.717) is 0 Å². The number of nitrogens with one attached hydrogen (secondary N) is 2. The Hall–Kier alpha value is -4.19. The minimum atomic E-state index is -4.02. The first kappa shape index (κ1) is 23.5. The number of rotatable bonds is 4. The maximum atomic E-state index is 10.5. The number of hydrogen-bond acceptors (Lipinski definition) is 7. The van der Waals surface area contributed by atoms with Crippen molar-refractivity contribution in [3.8, 4) is 32.5 Å². The first-order valence-electron chi connectivity index (χ1n) is 10.8. The molecular weight excluding hydrogens is 496 g/mol. The van der Waals surface area contributed by atoms with E-state index in [1.54, 1.807) is 29.7 Å². The molecule has 0 aliphatic carbocycles.